The van der Waals surface area contributed by atoms with Gasteiger partial charge < -0.3 is 5.73 Å². The maximum atomic E-state index is 6.23. The standard InChI is InChI=1S/C19H33N/c20-13-18(17-4-2-1-3-5-17)12-19-9-14-6-15(10-19)8-16(7-14)11-19/h14-18H,1-13,20H2. The first-order valence-electron chi connectivity index (χ1n) is 9.46. The summed E-state index contributed by atoms with van der Waals surface area (Å²) in [6, 6.07) is 0. The third-order valence-electron chi connectivity index (χ3n) is 7.48. The van der Waals surface area contributed by atoms with Crippen LogP contribution in [0, 0.1) is 35.0 Å². The van der Waals surface area contributed by atoms with E-state index in [0.717, 1.165) is 41.5 Å². The van der Waals surface area contributed by atoms with Gasteiger partial charge in [-0.15, -0.1) is 0 Å². The molecule has 0 spiro atoms. The second kappa shape index (κ2) is 5.30. The fraction of sp³-hybridized carbons (Fsp3) is 1.00. The van der Waals surface area contributed by atoms with Crippen LogP contribution in [0.1, 0.15) is 77.0 Å². The average molecular weight is 275 g/mol. The monoisotopic (exact) mass is 275 g/mol. The predicted molar refractivity (Wildman–Crippen MR) is 84.3 cm³/mol. The van der Waals surface area contributed by atoms with Gasteiger partial charge in [0.2, 0.25) is 0 Å². The largest absolute Gasteiger partial charge is 0.330 e. The number of hydrogen-bond acceptors (Lipinski definition) is 1. The number of nitrogens with two attached hydrogens (primary N) is 1. The van der Waals surface area contributed by atoms with Crippen LogP contribution in [-0.2, 0) is 0 Å². The van der Waals surface area contributed by atoms with Crippen molar-refractivity contribution in [3.05, 3.63) is 0 Å². The lowest BCUT2D eigenvalue weighted by Gasteiger charge is -2.58. The molecule has 114 valence electrons. The average Bonchev–Trinajstić information content (AvgIpc) is 2.44. The molecule has 0 saturated heterocycles. The Labute approximate surface area is 125 Å². The number of rotatable bonds is 4. The van der Waals surface area contributed by atoms with Crippen LogP contribution in [0.4, 0.5) is 0 Å². The molecule has 5 fully saturated rings. The van der Waals surface area contributed by atoms with E-state index in [1.807, 2.05) is 0 Å². The van der Waals surface area contributed by atoms with E-state index in [-0.39, 0.29) is 0 Å². The van der Waals surface area contributed by atoms with E-state index in [0.29, 0.717) is 0 Å². The van der Waals surface area contributed by atoms with E-state index in [1.165, 1.54) is 38.5 Å². The molecule has 4 bridgehead atoms. The predicted octanol–water partition coefficient (Wildman–Crippen LogP) is 4.75. The van der Waals surface area contributed by atoms with Crippen LogP contribution in [0.3, 0.4) is 0 Å². The molecule has 1 nitrogen and oxygen atoms in total. The highest BCUT2D eigenvalue weighted by Crippen LogP contribution is 2.62. The van der Waals surface area contributed by atoms with Crippen LogP contribution >= 0.6 is 0 Å². The molecular weight excluding hydrogens is 242 g/mol. The first-order valence-corrected chi connectivity index (χ1v) is 9.46. The molecule has 1 heteroatoms. The van der Waals surface area contributed by atoms with Crippen LogP contribution in [0.5, 0.6) is 0 Å². The molecule has 0 aliphatic heterocycles. The Morgan fingerprint density at radius 3 is 1.90 bits per heavy atom. The van der Waals surface area contributed by atoms with E-state index in [1.54, 1.807) is 38.5 Å². The highest BCUT2D eigenvalue weighted by atomic mass is 14.6. The minimum atomic E-state index is 0.746. The summed E-state index contributed by atoms with van der Waals surface area (Å²) in [5, 5.41) is 0. The molecule has 5 aliphatic carbocycles. The van der Waals surface area contributed by atoms with Crippen LogP contribution in [0.25, 0.3) is 0 Å². The molecule has 1 unspecified atom stereocenters. The Kier molecular flexibility index (Phi) is 3.61. The van der Waals surface area contributed by atoms with E-state index < -0.39 is 0 Å². The minimum absolute atomic E-state index is 0.746. The van der Waals surface area contributed by atoms with Gasteiger partial charge in [-0.05, 0) is 86.5 Å². The van der Waals surface area contributed by atoms with Crippen molar-refractivity contribution >= 4 is 0 Å². The maximum absolute atomic E-state index is 6.23. The van der Waals surface area contributed by atoms with Crippen LogP contribution in [0.15, 0.2) is 0 Å². The topological polar surface area (TPSA) is 26.0 Å². The van der Waals surface area contributed by atoms with Crippen molar-refractivity contribution in [3.8, 4) is 0 Å². The highest BCUT2D eigenvalue weighted by Gasteiger charge is 2.51. The van der Waals surface area contributed by atoms with Crippen molar-refractivity contribution in [2.75, 3.05) is 6.54 Å². The van der Waals surface area contributed by atoms with Crippen molar-refractivity contribution in [3.63, 3.8) is 0 Å². The molecule has 20 heavy (non-hydrogen) atoms. The molecule has 0 heterocycles. The van der Waals surface area contributed by atoms with Gasteiger partial charge in [-0.25, -0.2) is 0 Å². The van der Waals surface area contributed by atoms with Gasteiger partial charge in [0.15, 0.2) is 0 Å². The SMILES string of the molecule is NCC(CC12CC3CC(CC(C3)C1)C2)C1CCCCC1. The smallest absolute Gasteiger partial charge is 0.00460 e. The van der Waals surface area contributed by atoms with Gasteiger partial charge in [-0.2, -0.15) is 0 Å². The van der Waals surface area contributed by atoms with Crippen LogP contribution in [0.2, 0.25) is 0 Å². The van der Waals surface area contributed by atoms with Crippen molar-refractivity contribution in [2.24, 2.45) is 40.7 Å². The van der Waals surface area contributed by atoms with Gasteiger partial charge in [0, 0.05) is 0 Å². The Morgan fingerprint density at radius 1 is 0.850 bits per heavy atom. The summed E-state index contributed by atoms with van der Waals surface area (Å²) in [4.78, 5) is 0. The molecule has 5 rings (SSSR count). The molecule has 0 amide bonds. The lowest BCUT2D eigenvalue weighted by atomic mass is 9.47. The zero-order chi connectivity index (χ0) is 13.6. The van der Waals surface area contributed by atoms with Gasteiger partial charge in [0.1, 0.15) is 0 Å². The fourth-order valence-electron chi connectivity index (χ4n) is 7.14. The van der Waals surface area contributed by atoms with Crippen LogP contribution < -0.4 is 5.73 Å². The number of hydrogen-bond donors (Lipinski definition) is 1. The lowest BCUT2D eigenvalue weighted by molar-refractivity contribution is -0.0697. The van der Waals surface area contributed by atoms with Gasteiger partial charge in [-0.1, -0.05) is 32.1 Å². The Morgan fingerprint density at radius 2 is 1.40 bits per heavy atom. The van der Waals surface area contributed by atoms with Gasteiger partial charge >= 0.3 is 0 Å². The van der Waals surface area contributed by atoms with Crippen molar-refractivity contribution < 1.29 is 0 Å². The Bertz CT molecular complexity index is 306. The van der Waals surface area contributed by atoms with Crippen molar-refractivity contribution in [1.29, 1.82) is 0 Å². The zero-order valence-corrected chi connectivity index (χ0v) is 13.2. The fourth-order valence-corrected chi connectivity index (χ4v) is 7.14. The molecule has 0 radical (unpaired) electrons. The highest BCUT2D eigenvalue weighted by molar-refractivity contribution is 5.02. The summed E-state index contributed by atoms with van der Waals surface area (Å²) < 4.78 is 0. The summed E-state index contributed by atoms with van der Waals surface area (Å²) in [5.41, 5.74) is 6.98. The normalized spacial score (nSPS) is 45.8. The van der Waals surface area contributed by atoms with E-state index in [2.05, 4.69) is 0 Å². The van der Waals surface area contributed by atoms with Crippen molar-refractivity contribution in [1.82, 2.24) is 0 Å². The Hall–Kier alpha value is -0.0400. The summed E-state index contributed by atoms with van der Waals surface area (Å²) in [5.74, 6) is 5.14. The summed E-state index contributed by atoms with van der Waals surface area (Å²) in [7, 11) is 0. The molecule has 1 atom stereocenters. The molecule has 0 aromatic carbocycles. The maximum Gasteiger partial charge on any atom is -0.00460 e. The third-order valence-corrected chi connectivity index (χ3v) is 7.48. The molecule has 5 saturated carbocycles. The minimum Gasteiger partial charge on any atom is -0.330 e. The lowest BCUT2D eigenvalue weighted by Crippen LogP contribution is -2.47. The zero-order valence-electron chi connectivity index (χ0n) is 13.2. The van der Waals surface area contributed by atoms with Gasteiger partial charge in [0.05, 0.1) is 0 Å². The van der Waals surface area contributed by atoms with Gasteiger partial charge in [-0.3, -0.25) is 0 Å². The van der Waals surface area contributed by atoms with E-state index >= 15 is 0 Å². The summed E-state index contributed by atoms with van der Waals surface area (Å²) >= 11 is 0. The molecule has 2 N–H and O–H groups in total. The Balaban J connectivity index is 1.46. The summed E-state index contributed by atoms with van der Waals surface area (Å²) in [6.45, 7) is 0.965. The van der Waals surface area contributed by atoms with E-state index in [4.69, 9.17) is 5.73 Å². The summed E-state index contributed by atoms with van der Waals surface area (Å²) in [6.07, 6.45) is 18.3. The van der Waals surface area contributed by atoms with Crippen molar-refractivity contribution in [2.45, 2.75) is 77.0 Å². The van der Waals surface area contributed by atoms with E-state index in [9.17, 15) is 0 Å². The van der Waals surface area contributed by atoms with Gasteiger partial charge in [0.25, 0.3) is 0 Å². The quantitative estimate of drug-likeness (QED) is 0.787. The first kappa shape index (κ1) is 13.6. The molecule has 5 aliphatic rings. The molecule has 0 aromatic rings. The second-order valence-corrected chi connectivity index (χ2v) is 9.02. The first-order chi connectivity index (χ1) is 9.76. The third kappa shape index (κ3) is 2.45. The molecular formula is C19H33N. The molecule has 0 aromatic heterocycles. The second-order valence-electron chi connectivity index (χ2n) is 9.02. The van der Waals surface area contributed by atoms with Crippen LogP contribution in [-0.4, -0.2) is 6.54 Å².